The highest BCUT2D eigenvalue weighted by molar-refractivity contribution is 5.03. The average Bonchev–Trinajstić information content (AvgIpc) is 2.86. The van der Waals surface area contributed by atoms with Gasteiger partial charge < -0.3 is 10.1 Å². The SMILES string of the molecule is C1=C(CNC2CC2)CCCO1. The van der Waals surface area contributed by atoms with Gasteiger partial charge in [-0.05, 0) is 31.3 Å². The zero-order chi connectivity index (χ0) is 7.52. The van der Waals surface area contributed by atoms with E-state index in [2.05, 4.69) is 5.32 Å². The van der Waals surface area contributed by atoms with E-state index in [9.17, 15) is 0 Å². The summed E-state index contributed by atoms with van der Waals surface area (Å²) in [7, 11) is 0. The average molecular weight is 153 g/mol. The third kappa shape index (κ3) is 2.22. The van der Waals surface area contributed by atoms with Gasteiger partial charge in [0.05, 0.1) is 12.9 Å². The smallest absolute Gasteiger partial charge is 0.0876 e. The number of ether oxygens (including phenoxy) is 1. The van der Waals surface area contributed by atoms with E-state index in [0.717, 1.165) is 19.2 Å². The van der Waals surface area contributed by atoms with Gasteiger partial charge in [0.25, 0.3) is 0 Å². The Morgan fingerprint density at radius 3 is 3.09 bits per heavy atom. The van der Waals surface area contributed by atoms with Crippen LogP contribution in [0.15, 0.2) is 11.8 Å². The van der Waals surface area contributed by atoms with Crippen LogP contribution in [0.4, 0.5) is 0 Å². The van der Waals surface area contributed by atoms with Gasteiger partial charge in [-0.15, -0.1) is 0 Å². The van der Waals surface area contributed by atoms with Crippen LogP contribution in [0.1, 0.15) is 25.7 Å². The van der Waals surface area contributed by atoms with Gasteiger partial charge in [-0.3, -0.25) is 0 Å². The molecule has 11 heavy (non-hydrogen) atoms. The maximum absolute atomic E-state index is 5.23. The summed E-state index contributed by atoms with van der Waals surface area (Å²) >= 11 is 0. The summed E-state index contributed by atoms with van der Waals surface area (Å²) < 4.78 is 5.23. The summed E-state index contributed by atoms with van der Waals surface area (Å²) in [6, 6.07) is 0.817. The molecule has 0 spiro atoms. The van der Waals surface area contributed by atoms with Crippen LogP contribution in [-0.4, -0.2) is 19.2 Å². The first-order chi connectivity index (χ1) is 5.45. The molecule has 1 fully saturated rings. The molecular weight excluding hydrogens is 138 g/mol. The molecule has 0 radical (unpaired) electrons. The molecule has 0 bridgehead atoms. The Hall–Kier alpha value is -0.500. The lowest BCUT2D eigenvalue weighted by atomic mass is 10.1. The zero-order valence-corrected chi connectivity index (χ0v) is 6.81. The first-order valence-electron chi connectivity index (χ1n) is 4.48. The summed E-state index contributed by atoms with van der Waals surface area (Å²) in [6.07, 6.45) is 7.08. The predicted octanol–water partition coefficient (Wildman–Crippen LogP) is 1.43. The standard InChI is InChI=1S/C9H15NO/c1-2-8(7-11-5-1)6-10-9-3-4-9/h7,9-10H,1-6H2. The molecule has 1 saturated carbocycles. The van der Waals surface area contributed by atoms with Crippen molar-refractivity contribution in [3.05, 3.63) is 11.8 Å². The number of hydrogen-bond donors (Lipinski definition) is 1. The predicted molar refractivity (Wildman–Crippen MR) is 44.3 cm³/mol. The van der Waals surface area contributed by atoms with Crippen molar-refractivity contribution in [1.29, 1.82) is 0 Å². The van der Waals surface area contributed by atoms with Crippen molar-refractivity contribution in [2.24, 2.45) is 0 Å². The molecule has 0 aromatic rings. The molecule has 2 heteroatoms. The van der Waals surface area contributed by atoms with E-state index in [1.807, 2.05) is 6.26 Å². The van der Waals surface area contributed by atoms with E-state index in [1.165, 1.54) is 31.3 Å². The first kappa shape index (κ1) is 7.17. The van der Waals surface area contributed by atoms with Gasteiger partial charge in [-0.2, -0.15) is 0 Å². The minimum Gasteiger partial charge on any atom is -0.501 e. The second kappa shape index (κ2) is 3.26. The number of hydrogen-bond acceptors (Lipinski definition) is 2. The molecule has 0 aromatic carbocycles. The fraction of sp³-hybridized carbons (Fsp3) is 0.778. The summed E-state index contributed by atoms with van der Waals surface area (Å²) in [6.45, 7) is 1.96. The highest BCUT2D eigenvalue weighted by atomic mass is 16.5. The topological polar surface area (TPSA) is 21.3 Å². The Bertz CT molecular complexity index is 161. The molecule has 1 N–H and O–H groups in total. The van der Waals surface area contributed by atoms with Gasteiger partial charge in [0.15, 0.2) is 0 Å². The van der Waals surface area contributed by atoms with Gasteiger partial charge >= 0.3 is 0 Å². The van der Waals surface area contributed by atoms with Gasteiger partial charge in [0.1, 0.15) is 0 Å². The van der Waals surface area contributed by atoms with E-state index < -0.39 is 0 Å². The van der Waals surface area contributed by atoms with Crippen LogP contribution in [-0.2, 0) is 4.74 Å². The summed E-state index contributed by atoms with van der Waals surface area (Å²) in [4.78, 5) is 0. The van der Waals surface area contributed by atoms with Crippen molar-refractivity contribution in [1.82, 2.24) is 5.32 Å². The molecule has 0 saturated heterocycles. The fourth-order valence-electron chi connectivity index (χ4n) is 1.31. The maximum Gasteiger partial charge on any atom is 0.0876 e. The Balaban J connectivity index is 1.70. The Morgan fingerprint density at radius 1 is 1.55 bits per heavy atom. The molecule has 1 aliphatic heterocycles. The summed E-state index contributed by atoms with van der Waals surface area (Å²) in [5.41, 5.74) is 1.43. The Kier molecular flexibility index (Phi) is 2.13. The second-order valence-electron chi connectivity index (χ2n) is 3.41. The van der Waals surface area contributed by atoms with Gasteiger partial charge in [-0.1, -0.05) is 0 Å². The lowest BCUT2D eigenvalue weighted by molar-refractivity contribution is 0.223. The third-order valence-corrected chi connectivity index (χ3v) is 2.21. The zero-order valence-electron chi connectivity index (χ0n) is 6.81. The lowest BCUT2D eigenvalue weighted by Gasteiger charge is -2.13. The lowest BCUT2D eigenvalue weighted by Crippen LogP contribution is -2.20. The Morgan fingerprint density at radius 2 is 2.45 bits per heavy atom. The van der Waals surface area contributed by atoms with Crippen molar-refractivity contribution in [2.45, 2.75) is 31.7 Å². The van der Waals surface area contributed by atoms with Crippen LogP contribution in [0.3, 0.4) is 0 Å². The maximum atomic E-state index is 5.23. The molecule has 62 valence electrons. The highest BCUT2D eigenvalue weighted by Crippen LogP contribution is 2.19. The first-order valence-corrected chi connectivity index (χ1v) is 4.48. The molecule has 2 nitrogen and oxygen atoms in total. The molecular formula is C9H15NO. The number of rotatable bonds is 3. The van der Waals surface area contributed by atoms with E-state index in [0.29, 0.717) is 0 Å². The monoisotopic (exact) mass is 153 g/mol. The molecule has 0 amide bonds. The largest absolute Gasteiger partial charge is 0.501 e. The van der Waals surface area contributed by atoms with Crippen molar-refractivity contribution in [3.63, 3.8) is 0 Å². The summed E-state index contributed by atoms with van der Waals surface area (Å²) in [5.74, 6) is 0. The number of nitrogens with one attached hydrogen (secondary N) is 1. The molecule has 2 aliphatic rings. The minimum absolute atomic E-state index is 0.817. The van der Waals surface area contributed by atoms with Crippen molar-refractivity contribution in [3.8, 4) is 0 Å². The quantitative estimate of drug-likeness (QED) is 0.662. The van der Waals surface area contributed by atoms with Crippen molar-refractivity contribution < 1.29 is 4.74 Å². The van der Waals surface area contributed by atoms with Crippen LogP contribution in [0.2, 0.25) is 0 Å². The van der Waals surface area contributed by atoms with Gasteiger partial charge in [0, 0.05) is 12.6 Å². The van der Waals surface area contributed by atoms with Crippen molar-refractivity contribution >= 4 is 0 Å². The van der Waals surface area contributed by atoms with Crippen LogP contribution < -0.4 is 5.32 Å². The Labute approximate surface area is 67.6 Å². The van der Waals surface area contributed by atoms with E-state index in [1.54, 1.807) is 0 Å². The molecule has 0 atom stereocenters. The molecule has 1 aliphatic carbocycles. The van der Waals surface area contributed by atoms with Crippen LogP contribution in [0.25, 0.3) is 0 Å². The third-order valence-electron chi connectivity index (χ3n) is 2.21. The van der Waals surface area contributed by atoms with Gasteiger partial charge in [0.2, 0.25) is 0 Å². The molecule has 1 heterocycles. The van der Waals surface area contributed by atoms with Gasteiger partial charge in [-0.25, -0.2) is 0 Å². The fourth-order valence-corrected chi connectivity index (χ4v) is 1.31. The molecule has 0 unspecified atom stereocenters. The molecule has 0 aromatic heterocycles. The minimum atomic E-state index is 0.817. The van der Waals surface area contributed by atoms with Crippen LogP contribution >= 0.6 is 0 Å². The van der Waals surface area contributed by atoms with Crippen molar-refractivity contribution in [2.75, 3.05) is 13.2 Å². The summed E-state index contributed by atoms with van der Waals surface area (Å²) in [5, 5.41) is 3.48. The van der Waals surface area contributed by atoms with E-state index in [-0.39, 0.29) is 0 Å². The van der Waals surface area contributed by atoms with Crippen LogP contribution in [0.5, 0.6) is 0 Å². The van der Waals surface area contributed by atoms with Crippen LogP contribution in [0, 0.1) is 0 Å². The molecule has 2 rings (SSSR count). The normalized spacial score (nSPS) is 24.2. The second-order valence-corrected chi connectivity index (χ2v) is 3.41. The highest BCUT2D eigenvalue weighted by Gasteiger charge is 2.20. The van der Waals surface area contributed by atoms with E-state index in [4.69, 9.17) is 4.74 Å². The van der Waals surface area contributed by atoms with E-state index >= 15 is 0 Å².